The lowest BCUT2D eigenvalue weighted by Gasteiger charge is -2.27. The molecule has 0 saturated carbocycles. The van der Waals surface area contributed by atoms with E-state index in [-0.39, 0.29) is 5.54 Å². The summed E-state index contributed by atoms with van der Waals surface area (Å²) in [5.41, 5.74) is 3.77. The highest BCUT2D eigenvalue weighted by atomic mass is 35.5. The van der Waals surface area contributed by atoms with Crippen molar-refractivity contribution in [2.24, 2.45) is 0 Å². The van der Waals surface area contributed by atoms with Gasteiger partial charge in [-0.3, -0.25) is 4.84 Å². The average molecular weight is 317 g/mol. The highest BCUT2D eigenvalue weighted by molar-refractivity contribution is 6.34. The first-order valence-electron chi connectivity index (χ1n) is 6.63. The third kappa shape index (κ3) is 6.25. The molecule has 3 nitrogen and oxygen atoms in total. The summed E-state index contributed by atoms with van der Waals surface area (Å²) in [6, 6.07) is 5.61. The first-order valence-corrected chi connectivity index (χ1v) is 7.38. The topological polar surface area (TPSA) is 33.3 Å². The number of hydrogen-bond acceptors (Lipinski definition) is 3. The van der Waals surface area contributed by atoms with Crippen LogP contribution in [0.2, 0.25) is 10.0 Å². The average Bonchev–Trinajstić information content (AvgIpc) is 2.36. The molecule has 0 bridgehead atoms. The highest BCUT2D eigenvalue weighted by Crippen LogP contribution is 2.27. The van der Waals surface area contributed by atoms with Crippen molar-refractivity contribution in [1.29, 1.82) is 0 Å². The Morgan fingerprint density at radius 1 is 1.20 bits per heavy atom. The lowest BCUT2D eigenvalue weighted by molar-refractivity contribution is 0.0618. The van der Waals surface area contributed by atoms with Gasteiger partial charge in [0, 0.05) is 22.1 Å². The van der Waals surface area contributed by atoms with Crippen molar-refractivity contribution in [2.45, 2.75) is 25.8 Å². The van der Waals surface area contributed by atoms with Gasteiger partial charge in [0.25, 0.3) is 0 Å². The van der Waals surface area contributed by atoms with Crippen LogP contribution in [0.15, 0.2) is 30.9 Å². The molecule has 0 unspecified atom stereocenters. The van der Waals surface area contributed by atoms with Crippen molar-refractivity contribution in [3.05, 3.63) is 46.5 Å². The van der Waals surface area contributed by atoms with Gasteiger partial charge >= 0.3 is 0 Å². The van der Waals surface area contributed by atoms with E-state index < -0.39 is 0 Å². The van der Waals surface area contributed by atoms with Gasteiger partial charge in [0.1, 0.15) is 0 Å². The van der Waals surface area contributed by atoms with E-state index in [0.717, 1.165) is 25.1 Å². The Morgan fingerprint density at radius 3 is 2.45 bits per heavy atom. The minimum Gasteiger partial charge on any atom is -0.308 e. The van der Waals surface area contributed by atoms with E-state index in [9.17, 15) is 0 Å². The Hall–Kier alpha value is -0.580. The molecule has 0 aliphatic rings. The number of benzene rings is 1. The van der Waals surface area contributed by atoms with Crippen LogP contribution in [0.3, 0.4) is 0 Å². The monoisotopic (exact) mass is 316 g/mol. The maximum atomic E-state index is 6.04. The van der Waals surface area contributed by atoms with Crippen LogP contribution in [0.5, 0.6) is 0 Å². The minimum absolute atomic E-state index is 0.184. The van der Waals surface area contributed by atoms with Crippen molar-refractivity contribution in [3.8, 4) is 0 Å². The first kappa shape index (κ1) is 17.5. The zero-order valence-corrected chi connectivity index (χ0v) is 13.5. The molecule has 2 N–H and O–H groups in total. The van der Waals surface area contributed by atoms with Crippen molar-refractivity contribution in [2.75, 3.05) is 19.7 Å². The van der Waals surface area contributed by atoms with E-state index >= 15 is 0 Å². The fourth-order valence-electron chi connectivity index (χ4n) is 1.77. The maximum Gasteiger partial charge on any atom is 0.0861 e. The van der Waals surface area contributed by atoms with Gasteiger partial charge < -0.3 is 5.32 Å². The molecule has 0 atom stereocenters. The van der Waals surface area contributed by atoms with Gasteiger partial charge in [-0.2, -0.15) is 0 Å². The van der Waals surface area contributed by atoms with E-state index in [1.807, 2.05) is 12.1 Å². The summed E-state index contributed by atoms with van der Waals surface area (Å²) in [6.07, 6.45) is 2.66. The fraction of sp³-hybridized carbons (Fsp3) is 0.467. The standard InChI is InChI=1S/C15H22Cl2N2O/c1-4-8-20-19-7-5-6-18-15(2,3)12-9-13(16)11-14(17)10-12/h4,9-11,18-19H,1,5-8H2,2-3H3. The van der Waals surface area contributed by atoms with Crippen molar-refractivity contribution in [1.82, 2.24) is 10.8 Å². The van der Waals surface area contributed by atoms with Gasteiger partial charge in [0.05, 0.1) is 6.61 Å². The molecule has 0 heterocycles. The molecule has 0 amide bonds. The fourth-order valence-corrected chi connectivity index (χ4v) is 2.29. The maximum absolute atomic E-state index is 6.04. The second-order valence-corrected chi connectivity index (χ2v) is 5.93. The van der Waals surface area contributed by atoms with Crippen LogP contribution in [-0.4, -0.2) is 19.7 Å². The summed E-state index contributed by atoms with van der Waals surface area (Å²) in [5, 5.41) is 4.80. The molecule has 112 valence electrons. The van der Waals surface area contributed by atoms with Gasteiger partial charge in [-0.25, -0.2) is 5.48 Å². The van der Waals surface area contributed by atoms with Crippen molar-refractivity contribution >= 4 is 23.2 Å². The number of hydrogen-bond donors (Lipinski definition) is 2. The number of nitrogens with one attached hydrogen (secondary N) is 2. The molecule has 1 rings (SSSR count). The molecular formula is C15H22Cl2N2O. The van der Waals surface area contributed by atoms with Gasteiger partial charge in [-0.1, -0.05) is 29.3 Å². The number of hydroxylamine groups is 1. The second-order valence-electron chi connectivity index (χ2n) is 5.06. The predicted octanol–water partition coefficient (Wildman–Crippen LogP) is 3.92. The first-order chi connectivity index (χ1) is 9.45. The molecule has 0 spiro atoms. The van der Waals surface area contributed by atoms with Crippen LogP contribution in [0.4, 0.5) is 0 Å². The largest absolute Gasteiger partial charge is 0.308 e. The SMILES string of the molecule is C=CCONCCCNC(C)(C)c1cc(Cl)cc(Cl)c1. The molecule has 5 heteroatoms. The molecular weight excluding hydrogens is 295 g/mol. The summed E-state index contributed by atoms with van der Waals surface area (Å²) in [6.45, 7) is 9.95. The quantitative estimate of drug-likeness (QED) is 0.411. The smallest absolute Gasteiger partial charge is 0.0861 e. The molecule has 0 aliphatic carbocycles. The zero-order chi connectivity index (χ0) is 15.0. The number of halogens is 2. The Labute approximate surface area is 131 Å². The van der Waals surface area contributed by atoms with Crippen molar-refractivity contribution < 1.29 is 4.84 Å². The zero-order valence-electron chi connectivity index (χ0n) is 12.0. The van der Waals surface area contributed by atoms with Gasteiger partial charge in [0.2, 0.25) is 0 Å². The molecule has 0 radical (unpaired) electrons. The molecule has 0 aliphatic heterocycles. The Morgan fingerprint density at radius 2 is 1.85 bits per heavy atom. The molecule has 0 aromatic heterocycles. The van der Waals surface area contributed by atoms with Gasteiger partial charge in [-0.05, 0) is 50.6 Å². The Bertz CT molecular complexity index is 416. The molecule has 0 saturated heterocycles. The van der Waals surface area contributed by atoms with Crippen LogP contribution in [0, 0.1) is 0 Å². The lowest BCUT2D eigenvalue weighted by Crippen LogP contribution is -2.38. The van der Waals surface area contributed by atoms with Crippen molar-refractivity contribution in [3.63, 3.8) is 0 Å². The highest BCUT2D eigenvalue weighted by Gasteiger charge is 2.20. The Balaban J connectivity index is 2.39. The second kappa shape index (κ2) is 8.65. The van der Waals surface area contributed by atoms with Crippen LogP contribution in [0.1, 0.15) is 25.8 Å². The normalized spacial score (nSPS) is 11.6. The van der Waals surface area contributed by atoms with Crippen LogP contribution >= 0.6 is 23.2 Å². The molecule has 0 fully saturated rings. The third-order valence-corrected chi connectivity index (χ3v) is 3.35. The van der Waals surface area contributed by atoms with Crippen LogP contribution < -0.4 is 10.8 Å². The summed E-state index contributed by atoms with van der Waals surface area (Å²) in [7, 11) is 0. The van der Waals surface area contributed by atoms with Gasteiger partial charge in [-0.15, -0.1) is 6.58 Å². The lowest BCUT2D eigenvalue weighted by atomic mass is 9.94. The Kier molecular flexibility index (Phi) is 7.56. The van der Waals surface area contributed by atoms with Crippen LogP contribution in [0.25, 0.3) is 0 Å². The van der Waals surface area contributed by atoms with Gasteiger partial charge in [0.15, 0.2) is 0 Å². The van der Waals surface area contributed by atoms with E-state index in [1.165, 1.54) is 0 Å². The molecule has 1 aromatic carbocycles. The predicted molar refractivity (Wildman–Crippen MR) is 86.3 cm³/mol. The summed E-state index contributed by atoms with van der Waals surface area (Å²) < 4.78 is 0. The third-order valence-electron chi connectivity index (χ3n) is 2.91. The van der Waals surface area contributed by atoms with Crippen LogP contribution in [-0.2, 0) is 10.4 Å². The van der Waals surface area contributed by atoms with E-state index in [1.54, 1.807) is 12.1 Å². The minimum atomic E-state index is -0.184. The van der Waals surface area contributed by atoms with E-state index in [2.05, 4.69) is 31.2 Å². The molecule has 20 heavy (non-hydrogen) atoms. The number of rotatable bonds is 9. The molecule has 1 aromatic rings. The summed E-state index contributed by atoms with van der Waals surface area (Å²) in [5.74, 6) is 0. The van der Waals surface area contributed by atoms with E-state index in [0.29, 0.717) is 16.7 Å². The summed E-state index contributed by atoms with van der Waals surface area (Å²) >= 11 is 12.1. The summed E-state index contributed by atoms with van der Waals surface area (Å²) in [4.78, 5) is 5.10. The van der Waals surface area contributed by atoms with E-state index in [4.69, 9.17) is 28.0 Å².